The van der Waals surface area contributed by atoms with Crippen LogP contribution in [0.5, 0.6) is 0 Å². The number of hydrogen-bond acceptors (Lipinski definition) is 3. The van der Waals surface area contributed by atoms with Crippen LogP contribution in [0.1, 0.15) is 11.1 Å². The van der Waals surface area contributed by atoms with Gasteiger partial charge in [-0.05, 0) is 24.6 Å². The summed E-state index contributed by atoms with van der Waals surface area (Å²) in [6, 6.07) is 8.24. The zero-order valence-electron chi connectivity index (χ0n) is 10.7. The number of nitrogens with zero attached hydrogens (tertiary/aromatic N) is 1. The summed E-state index contributed by atoms with van der Waals surface area (Å²) in [7, 11) is 0. The van der Waals surface area contributed by atoms with Gasteiger partial charge in [0.25, 0.3) is 5.69 Å². The molecule has 2 aromatic carbocycles. The van der Waals surface area contributed by atoms with Gasteiger partial charge in [0.15, 0.2) is 11.6 Å². The van der Waals surface area contributed by atoms with Gasteiger partial charge in [0.1, 0.15) is 0 Å². The standard InChI is InChI=1S/C14H12F2N2O2/c1-9-10(3-2-4-14(9)18(19)20)8-17-11-5-6-12(15)13(16)7-11/h2-7,17H,8H2,1H3. The van der Waals surface area contributed by atoms with Crippen molar-refractivity contribution in [3.05, 3.63) is 69.3 Å². The maximum Gasteiger partial charge on any atom is 0.272 e. The highest BCUT2D eigenvalue weighted by molar-refractivity contribution is 5.48. The van der Waals surface area contributed by atoms with Crippen LogP contribution < -0.4 is 5.32 Å². The van der Waals surface area contributed by atoms with Crippen LogP contribution in [-0.4, -0.2) is 4.92 Å². The van der Waals surface area contributed by atoms with Crippen molar-refractivity contribution >= 4 is 11.4 Å². The van der Waals surface area contributed by atoms with Gasteiger partial charge in [-0.25, -0.2) is 8.78 Å². The van der Waals surface area contributed by atoms with Crippen molar-refractivity contribution in [1.82, 2.24) is 0 Å². The molecule has 0 aromatic heterocycles. The fourth-order valence-corrected chi connectivity index (χ4v) is 1.86. The highest BCUT2D eigenvalue weighted by Gasteiger charge is 2.12. The number of halogens is 2. The number of hydrogen-bond donors (Lipinski definition) is 1. The van der Waals surface area contributed by atoms with Crippen LogP contribution in [-0.2, 0) is 6.54 Å². The Balaban J connectivity index is 2.17. The molecule has 0 saturated heterocycles. The van der Waals surface area contributed by atoms with Crippen LogP contribution in [0, 0.1) is 28.7 Å². The minimum absolute atomic E-state index is 0.0367. The zero-order valence-corrected chi connectivity index (χ0v) is 10.7. The summed E-state index contributed by atoms with van der Waals surface area (Å²) in [6.07, 6.45) is 0. The van der Waals surface area contributed by atoms with E-state index in [1.54, 1.807) is 19.1 Å². The van der Waals surface area contributed by atoms with Crippen LogP contribution in [0.25, 0.3) is 0 Å². The number of benzene rings is 2. The zero-order chi connectivity index (χ0) is 14.7. The average Bonchev–Trinajstić information content (AvgIpc) is 2.41. The molecule has 2 rings (SSSR count). The van der Waals surface area contributed by atoms with Gasteiger partial charge >= 0.3 is 0 Å². The summed E-state index contributed by atoms with van der Waals surface area (Å²) in [5.74, 6) is -1.85. The van der Waals surface area contributed by atoms with Gasteiger partial charge in [-0.2, -0.15) is 0 Å². The van der Waals surface area contributed by atoms with Gasteiger partial charge in [-0.1, -0.05) is 12.1 Å². The van der Waals surface area contributed by atoms with Crippen molar-refractivity contribution in [2.75, 3.05) is 5.32 Å². The average molecular weight is 278 g/mol. The molecule has 0 saturated carbocycles. The first kappa shape index (κ1) is 13.9. The maximum absolute atomic E-state index is 13.0. The Morgan fingerprint density at radius 2 is 1.95 bits per heavy atom. The van der Waals surface area contributed by atoms with Gasteiger partial charge in [0.2, 0.25) is 0 Å². The molecular formula is C14H12F2N2O2. The molecule has 0 radical (unpaired) electrons. The van der Waals surface area contributed by atoms with Gasteiger partial charge in [0, 0.05) is 29.9 Å². The molecule has 0 amide bonds. The molecule has 6 heteroatoms. The Kier molecular flexibility index (Phi) is 3.93. The lowest BCUT2D eigenvalue weighted by Crippen LogP contribution is -2.03. The second-order valence-corrected chi connectivity index (χ2v) is 4.30. The van der Waals surface area contributed by atoms with Crippen molar-refractivity contribution < 1.29 is 13.7 Å². The number of anilines is 1. The third-order valence-electron chi connectivity index (χ3n) is 3.02. The van der Waals surface area contributed by atoms with E-state index in [1.807, 2.05) is 0 Å². The number of nitro groups is 1. The SMILES string of the molecule is Cc1c(CNc2ccc(F)c(F)c2)cccc1[N+](=O)[O-]. The lowest BCUT2D eigenvalue weighted by molar-refractivity contribution is -0.385. The van der Waals surface area contributed by atoms with E-state index in [4.69, 9.17) is 0 Å². The minimum atomic E-state index is -0.939. The number of nitro benzene ring substituents is 1. The Hall–Kier alpha value is -2.50. The largest absolute Gasteiger partial charge is 0.381 e. The van der Waals surface area contributed by atoms with Crippen molar-refractivity contribution in [2.45, 2.75) is 13.5 Å². The first-order valence-electron chi connectivity index (χ1n) is 5.91. The fourth-order valence-electron chi connectivity index (χ4n) is 1.86. The third kappa shape index (κ3) is 2.90. The van der Waals surface area contributed by atoms with Crippen LogP contribution in [0.2, 0.25) is 0 Å². The highest BCUT2D eigenvalue weighted by atomic mass is 19.2. The molecule has 4 nitrogen and oxygen atoms in total. The fraction of sp³-hybridized carbons (Fsp3) is 0.143. The Morgan fingerprint density at radius 3 is 2.60 bits per heavy atom. The molecule has 0 aliphatic carbocycles. The smallest absolute Gasteiger partial charge is 0.272 e. The molecule has 20 heavy (non-hydrogen) atoms. The molecule has 2 aromatic rings. The first-order chi connectivity index (χ1) is 9.49. The third-order valence-corrected chi connectivity index (χ3v) is 3.02. The van der Waals surface area contributed by atoms with Gasteiger partial charge in [-0.15, -0.1) is 0 Å². The Bertz CT molecular complexity index is 660. The molecule has 0 unspecified atom stereocenters. The van der Waals surface area contributed by atoms with E-state index in [0.29, 0.717) is 17.8 Å². The molecule has 0 atom stereocenters. The molecule has 0 spiro atoms. The summed E-state index contributed by atoms with van der Waals surface area (Å²) in [5.41, 5.74) is 1.72. The van der Waals surface area contributed by atoms with E-state index in [0.717, 1.165) is 17.7 Å². The normalized spacial score (nSPS) is 10.3. The summed E-state index contributed by atoms with van der Waals surface area (Å²) in [5, 5.41) is 13.7. The predicted molar refractivity (Wildman–Crippen MR) is 71.5 cm³/mol. The topological polar surface area (TPSA) is 55.2 Å². The minimum Gasteiger partial charge on any atom is -0.381 e. The molecule has 104 valence electrons. The summed E-state index contributed by atoms with van der Waals surface area (Å²) < 4.78 is 25.8. The van der Waals surface area contributed by atoms with Crippen molar-refractivity contribution in [2.24, 2.45) is 0 Å². The van der Waals surface area contributed by atoms with Crippen molar-refractivity contribution in [3.63, 3.8) is 0 Å². The second kappa shape index (κ2) is 5.64. The molecule has 0 heterocycles. The second-order valence-electron chi connectivity index (χ2n) is 4.30. The van der Waals surface area contributed by atoms with Crippen LogP contribution >= 0.6 is 0 Å². The van der Waals surface area contributed by atoms with E-state index < -0.39 is 16.6 Å². The summed E-state index contributed by atoms with van der Waals surface area (Å²) >= 11 is 0. The molecule has 0 fully saturated rings. The summed E-state index contributed by atoms with van der Waals surface area (Å²) in [4.78, 5) is 10.4. The highest BCUT2D eigenvalue weighted by Crippen LogP contribution is 2.22. The van der Waals surface area contributed by atoms with E-state index >= 15 is 0 Å². The Labute approximate surface area is 114 Å². The van der Waals surface area contributed by atoms with Crippen LogP contribution in [0.15, 0.2) is 36.4 Å². The molecule has 0 bridgehead atoms. The Morgan fingerprint density at radius 1 is 1.20 bits per heavy atom. The lowest BCUT2D eigenvalue weighted by atomic mass is 10.1. The van der Waals surface area contributed by atoms with Crippen LogP contribution in [0.3, 0.4) is 0 Å². The van der Waals surface area contributed by atoms with Crippen LogP contribution in [0.4, 0.5) is 20.2 Å². The molecular weight excluding hydrogens is 266 g/mol. The monoisotopic (exact) mass is 278 g/mol. The number of rotatable bonds is 4. The van der Waals surface area contributed by atoms with E-state index in [-0.39, 0.29) is 5.69 Å². The molecule has 0 aliphatic rings. The van der Waals surface area contributed by atoms with E-state index in [2.05, 4.69) is 5.32 Å². The predicted octanol–water partition coefficient (Wildman–Crippen LogP) is 3.79. The van der Waals surface area contributed by atoms with Gasteiger partial charge in [-0.3, -0.25) is 10.1 Å². The van der Waals surface area contributed by atoms with Gasteiger partial charge in [0.05, 0.1) is 4.92 Å². The maximum atomic E-state index is 13.0. The molecule has 1 N–H and O–H groups in total. The first-order valence-corrected chi connectivity index (χ1v) is 5.91. The van der Waals surface area contributed by atoms with Crippen molar-refractivity contribution in [3.8, 4) is 0 Å². The van der Waals surface area contributed by atoms with Crippen molar-refractivity contribution in [1.29, 1.82) is 0 Å². The quantitative estimate of drug-likeness (QED) is 0.683. The van der Waals surface area contributed by atoms with E-state index in [1.165, 1.54) is 12.1 Å². The lowest BCUT2D eigenvalue weighted by Gasteiger charge is -2.09. The molecule has 0 aliphatic heterocycles. The number of nitrogens with one attached hydrogen (secondary N) is 1. The van der Waals surface area contributed by atoms with E-state index in [9.17, 15) is 18.9 Å². The summed E-state index contributed by atoms with van der Waals surface area (Å²) in [6.45, 7) is 1.94. The van der Waals surface area contributed by atoms with Gasteiger partial charge < -0.3 is 5.32 Å².